The van der Waals surface area contributed by atoms with Crippen LogP contribution in [0, 0.1) is 0 Å². The van der Waals surface area contributed by atoms with Gasteiger partial charge in [-0.1, -0.05) is 6.92 Å². The number of carboxylic acid groups (broad SMARTS) is 1. The maximum Gasteiger partial charge on any atom is 0.313 e. The van der Waals surface area contributed by atoms with E-state index in [0.29, 0.717) is 32.6 Å². The van der Waals surface area contributed by atoms with Crippen LogP contribution in [0.3, 0.4) is 0 Å². The second-order valence-electron chi connectivity index (χ2n) is 4.36. The first-order chi connectivity index (χ1) is 9.04. The number of nitrogens with zero attached hydrogens (tertiary/aromatic N) is 2. The molecule has 1 aliphatic heterocycles. The largest absolute Gasteiger partial charge is 0.481 e. The summed E-state index contributed by atoms with van der Waals surface area (Å²) in [5.74, 6) is -0.700. The predicted molar refractivity (Wildman–Crippen MR) is 73.0 cm³/mol. The van der Waals surface area contributed by atoms with E-state index < -0.39 is 5.97 Å². The molecule has 1 aliphatic rings. The third kappa shape index (κ3) is 5.50. The van der Waals surface area contributed by atoms with Crippen molar-refractivity contribution in [3.8, 4) is 0 Å². The second kappa shape index (κ2) is 8.04. The van der Waals surface area contributed by atoms with Crippen molar-refractivity contribution in [2.24, 2.45) is 0 Å². The van der Waals surface area contributed by atoms with Crippen LogP contribution in [0.2, 0.25) is 0 Å². The minimum atomic E-state index is -0.909. The molecular weight excluding hydrogens is 268 g/mol. The molecule has 0 spiro atoms. The molecule has 0 atom stereocenters. The predicted octanol–water partition coefficient (Wildman–Crippen LogP) is 0.275. The van der Waals surface area contributed by atoms with Crippen LogP contribution < -0.4 is 0 Å². The highest BCUT2D eigenvalue weighted by atomic mass is 32.2. The molecule has 7 heteroatoms. The van der Waals surface area contributed by atoms with Crippen LogP contribution in [0.5, 0.6) is 0 Å². The number of thioether (sulfide) groups is 1. The highest BCUT2D eigenvalue weighted by molar-refractivity contribution is 8.00. The Labute approximate surface area is 117 Å². The van der Waals surface area contributed by atoms with Crippen molar-refractivity contribution >= 4 is 29.5 Å². The Morgan fingerprint density at radius 1 is 1.00 bits per heavy atom. The summed E-state index contributed by atoms with van der Waals surface area (Å²) < 4.78 is 0. The maximum atomic E-state index is 11.9. The Morgan fingerprint density at radius 3 is 2.11 bits per heavy atom. The molecule has 0 bridgehead atoms. The molecule has 19 heavy (non-hydrogen) atoms. The van der Waals surface area contributed by atoms with Gasteiger partial charge in [0.1, 0.15) is 0 Å². The Hall–Kier alpha value is -1.24. The summed E-state index contributed by atoms with van der Waals surface area (Å²) in [5.41, 5.74) is 0. The fourth-order valence-corrected chi connectivity index (χ4v) is 2.59. The number of aliphatic carboxylic acids is 1. The number of hydrogen-bond acceptors (Lipinski definition) is 4. The lowest BCUT2D eigenvalue weighted by atomic mass is 10.3. The van der Waals surface area contributed by atoms with E-state index in [9.17, 15) is 14.4 Å². The molecule has 0 unspecified atom stereocenters. The van der Waals surface area contributed by atoms with E-state index in [-0.39, 0.29) is 23.3 Å². The van der Waals surface area contributed by atoms with Crippen molar-refractivity contribution in [2.75, 3.05) is 37.7 Å². The number of carboxylic acids is 1. The third-order valence-corrected chi connectivity index (χ3v) is 3.86. The molecular formula is C12H20N2O4S. The van der Waals surface area contributed by atoms with Gasteiger partial charge in [0.2, 0.25) is 11.8 Å². The molecule has 1 N–H and O–H groups in total. The summed E-state index contributed by atoms with van der Waals surface area (Å²) in [6.45, 7) is 4.28. The summed E-state index contributed by atoms with van der Waals surface area (Å²) in [5, 5.41) is 8.51. The Kier molecular flexibility index (Phi) is 6.69. The fraction of sp³-hybridized carbons (Fsp3) is 0.750. The van der Waals surface area contributed by atoms with E-state index in [4.69, 9.17) is 5.11 Å². The SMILES string of the molecule is CCC(=O)N1CCCN(C(=O)CSCC(=O)O)CC1. The molecule has 0 saturated carbocycles. The van der Waals surface area contributed by atoms with E-state index in [1.54, 1.807) is 9.80 Å². The van der Waals surface area contributed by atoms with Crippen LogP contribution in [0.15, 0.2) is 0 Å². The quantitative estimate of drug-likeness (QED) is 0.786. The van der Waals surface area contributed by atoms with Crippen molar-refractivity contribution in [3.05, 3.63) is 0 Å². The molecule has 0 aromatic rings. The number of rotatable bonds is 5. The summed E-state index contributed by atoms with van der Waals surface area (Å²) >= 11 is 1.11. The van der Waals surface area contributed by atoms with Crippen molar-refractivity contribution in [1.82, 2.24) is 9.80 Å². The molecule has 1 heterocycles. The first-order valence-electron chi connectivity index (χ1n) is 6.39. The lowest BCUT2D eigenvalue weighted by molar-refractivity contribution is -0.134. The maximum absolute atomic E-state index is 11.9. The topological polar surface area (TPSA) is 77.9 Å². The lowest BCUT2D eigenvalue weighted by Crippen LogP contribution is -2.37. The lowest BCUT2D eigenvalue weighted by Gasteiger charge is -2.21. The van der Waals surface area contributed by atoms with Gasteiger partial charge < -0.3 is 14.9 Å². The fourth-order valence-electron chi connectivity index (χ4n) is 1.96. The molecule has 1 rings (SSSR count). The highest BCUT2D eigenvalue weighted by Crippen LogP contribution is 2.08. The summed E-state index contributed by atoms with van der Waals surface area (Å²) in [7, 11) is 0. The van der Waals surface area contributed by atoms with Gasteiger partial charge in [-0.3, -0.25) is 14.4 Å². The summed E-state index contributed by atoms with van der Waals surface area (Å²) in [6, 6.07) is 0. The zero-order valence-corrected chi connectivity index (χ0v) is 11.9. The third-order valence-electron chi connectivity index (χ3n) is 2.95. The van der Waals surface area contributed by atoms with E-state index in [1.165, 1.54) is 0 Å². The molecule has 0 aliphatic carbocycles. The van der Waals surface area contributed by atoms with Crippen molar-refractivity contribution in [3.63, 3.8) is 0 Å². The van der Waals surface area contributed by atoms with Crippen LogP contribution >= 0.6 is 11.8 Å². The number of carbonyl (C=O) groups is 3. The molecule has 1 saturated heterocycles. The first kappa shape index (κ1) is 15.8. The van der Waals surface area contributed by atoms with Gasteiger partial charge in [0.25, 0.3) is 0 Å². The number of amides is 2. The van der Waals surface area contributed by atoms with Gasteiger partial charge >= 0.3 is 5.97 Å². The summed E-state index contributed by atoms with van der Waals surface area (Å²) in [6.07, 6.45) is 1.27. The Morgan fingerprint density at radius 2 is 1.58 bits per heavy atom. The minimum absolute atomic E-state index is 0.0444. The van der Waals surface area contributed by atoms with Crippen molar-refractivity contribution in [1.29, 1.82) is 0 Å². The van der Waals surface area contributed by atoms with Gasteiger partial charge in [0.15, 0.2) is 0 Å². The van der Waals surface area contributed by atoms with Gasteiger partial charge in [-0.05, 0) is 6.42 Å². The van der Waals surface area contributed by atoms with Crippen molar-refractivity contribution in [2.45, 2.75) is 19.8 Å². The number of carbonyl (C=O) groups excluding carboxylic acids is 2. The minimum Gasteiger partial charge on any atom is -0.481 e. The molecule has 2 amide bonds. The molecule has 0 aromatic heterocycles. The highest BCUT2D eigenvalue weighted by Gasteiger charge is 2.21. The molecule has 0 aromatic carbocycles. The molecule has 0 radical (unpaired) electrons. The van der Waals surface area contributed by atoms with Crippen LogP contribution in [-0.2, 0) is 14.4 Å². The monoisotopic (exact) mass is 288 g/mol. The molecule has 1 fully saturated rings. The van der Waals surface area contributed by atoms with Gasteiger partial charge in [-0.2, -0.15) is 0 Å². The second-order valence-corrected chi connectivity index (χ2v) is 5.34. The molecule has 6 nitrogen and oxygen atoms in total. The van der Waals surface area contributed by atoms with Crippen LogP contribution in [0.1, 0.15) is 19.8 Å². The van der Waals surface area contributed by atoms with Crippen LogP contribution in [0.25, 0.3) is 0 Å². The Bertz CT molecular complexity index is 349. The zero-order valence-electron chi connectivity index (χ0n) is 11.1. The average molecular weight is 288 g/mol. The smallest absolute Gasteiger partial charge is 0.313 e. The van der Waals surface area contributed by atoms with E-state index in [0.717, 1.165) is 18.2 Å². The van der Waals surface area contributed by atoms with Gasteiger partial charge in [-0.25, -0.2) is 0 Å². The standard InChI is InChI=1S/C12H20N2O4S/c1-2-10(15)13-4-3-5-14(7-6-13)11(16)8-19-9-12(17)18/h2-9H2,1H3,(H,17,18). The molecule has 108 valence electrons. The zero-order chi connectivity index (χ0) is 14.3. The van der Waals surface area contributed by atoms with Crippen LogP contribution in [0.4, 0.5) is 0 Å². The van der Waals surface area contributed by atoms with Gasteiger partial charge in [0.05, 0.1) is 11.5 Å². The first-order valence-corrected chi connectivity index (χ1v) is 7.55. The number of hydrogen-bond donors (Lipinski definition) is 1. The Balaban J connectivity index is 2.37. The van der Waals surface area contributed by atoms with Gasteiger partial charge in [-0.15, -0.1) is 11.8 Å². The van der Waals surface area contributed by atoms with Crippen LogP contribution in [-0.4, -0.2) is 70.4 Å². The average Bonchev–Trinajstić information content (AvgIpc) is 2.63. The van der Waals surface area contributed by atoms with Crippen molar-refractivity contribution < 1.29 is 19.5 Å². The van der Waals surface area contributed by atoms with E-state index >= 15 is 0 Å². The summed E-state index contributed by atoms with van der Waals surface area (Å²) in [4.78, 5) is 37.4. The van der Waals surface area contributed by atoms with E-state index in [1.807, 2.05) is 6.92 Å². The normalized spacial score (nSPS) is 16.1. The van der Waals surface area contributed by atoms with E-state index in [2.05, 4.69) is 0 Å². The van der Waals surface area contributed by atoms with Gasteiger partial charge in [0, 0.05) is 32.6 Å².